The van der Waals surface area contributed by atoms with E-state index in [-0.39, 0.29) is 5.75 Å². The summed E-state index contributed by atoms with van der Waals surface area (Å²) < 4.78 is 10.0. The van der Waals surface area contributed by atoms with Crippen LogP contribution in [0, 0.1) is 0 Å². The van der Waals surface area contributed by atoms with E-state index in [9.17, 15) is 4.79 Å². The van der Waals surface area contributed by atoms with E-state index in [0.717, 1.165) is 0 Å². The lowest BCUT2D eigenvalue weighted by molar-refractivity contribution is 0.0636. The highest BCUT2D eigenvalue weighted by molar-refractivity contribution is 6.34. The van der Waals surface area contributed by atoms with E-state index in [1.807, 2.05) is 0 Å². The van der Waals surface area contributed by atoms with Crippen LogP contribution in [0.4, 0.5) is 16.2 Å². The number of anilines is 2. The van der Waals surface area contributed by atoms with Crippen molar-refractivity contribution in [3.8, 4) is 5.75 Å². The molecular weight excluding hydrogens is 275 g/mol. The van der Waals surface area contributed by atoms with Gasteiger partial charge in [-0.05, 0) is 32.9 Å². The number of hydrogen-bond donors (Lipinski definition) is 3. The summed E-state index contributed by atoms with van der Waals surface area (Å²) in [6, 6.07) is 4.83. The van der Waals surface area contributed by atoms with Gasteiger partial charge in [-0.3, -0.25) is 5.32 Å². The first-order chi connectivity index (χ1) is 9.58. The molecule has 116 valence electrons. The predicted molar refractivity (Wildman–Crippen MR) is 81.4 cm³/mol. The molecule has 7 nitrogen and oxygen atoms in total. The minimum Gasteiger partial charge on any atom is -0.510 e. The molecule has 8 heteroatoms. The van der Waals surface area contributed by atoms with Gasteiger partial charge in [-0.2, -0.15) is 0 Å². The second-order valence-corrected chi connectivity index (χ2v) is 5.65. The van der Waals surface area contributed by atoms with E-state index >= 15 is 0 Å². The molecule has 1 rings (SSSR count). The van der Waals surface area contributed by atoms with Gasteiger partial charge in [0.2, 0.25) is 0 Å². The van der Waals surface area contributed by atoms with Crippen molar-refractivity contribution in [2.75, 3.05) is 24.3 Å². The number of amides is 1. The number of benzene rings is 1. The molecule has 0 aliphatic rings. The summed E-state index contributed by atoms with van der Waals surface area (Å²) in [5.74, 6) is 0.226. The van der Waals surface area contributed by atoms with Crippen LogP contribution in [0.25, 0.3) is 0 Å². The van der Waals surface area contributed by atoms with Crippen molar-refractivity contribution >= 4 is 24.8 Å². The molecule has 0 bridgehead atoms. The molecule has 0 atom stereocenters. The van der Waals surface area contributed by atoms with Crippen molar-refractivity contribution in [3.63, 3.8) is 0 Å². The Labute approximate surface area is 124 Å². The van der Waals surface area contributed by atoms with Gasteiger partial charge in [-0.15, -0.1) is 0 Å². The maximum atomic E-state index is 11.7. The van der Waals surface area contributed by atoms with Crippen molar-refractivity contribution in [1.29, 1.82) is 0 Å². The largest absolute Gasteiger partial charge is 0.707 e. The van der Waals surface area contributed by atoms with E-state index < -0.39 is 19.0 Å². The first-order valence-electron chi connectivity index (χ1n) is 6.42. The van der Waals surface area contributed by atoms with Crippen molar-refractivity contribution < 1.29 is 24.2 Å². The first kappa shape index (κ1) is 17.1. The SMILES string of the molecule is CN(C)c1ccc(NC(=O)OC(C)(C)C)cc1OB(O)O. The standard InChI is InChI=1S/C13H21BN2O5/c1-13(2,3)20-12(17)15-9-6-7-10(16(4)5)11(8-9)21-14(18)19/h6-8,18-19H,1-5H3,(H,15,17). The van der Waals surface area contributed by atoms with Gasteiger partial charge < -0.3 is 24.3 Å². The molecule has 21 heavy (non-hydrogen) atoms. The summed E-state index contributed by atoms with van der Waals surface area (Å²) in [6.45, 7) is 5.29. The molecule has 0 fully saturated rings. The van der Waals surface area contributed by atoms with Crippen LogP contribution in [0.3, 0.4) is 0 Å². The fraction of sp³-hybridized carbons (Fsp3) is 0.462. The van der Waals surface area contributed by atoms with E-state index in [4.69, 9.17) is 19.4 Å². The zero-order valence-electron chi connectivity index (χ0n) is 12.9. The minimum atomic E-state index is -1.94. The molecule has 1 aromatic carbocycles. The van der Waals surface area contributed by atoms with Crippen LogP contribution in [-0.2, 0) is 4.74 Å². The molecule has 0 radical (unpaired) electrons. The third kappa shape index (κ3) is 5.93. The van der Waals surface area contributed by atoms with Gasteiger partial charge in [-0.1, -0.05) is 0 Å². The molecule has 3 N–H and O–H groups in total. The average Bonchev–Trinajstić information content (AvgIpc) is 2.24. The van der Waals surface area contributed by atoms with E-state index in [0.29, 0.717) is 11.4 Å². The molecule has 0 aromatic heterocycles. The van der Waals surface area contributed by atoms with Crippen molar-refractivity contribution in [2.24, 2.45) is 0 Å². The van der Waals surface area contributed by atoms with Crippen molar-refractivity contribution in [1.82, 2.24) is 0 Å². The number of nitrogens with one attached hydrogen (secondary N) is 1. The lowest BCUT2D eigenvalue weighted by Crippen LogP contribution is -2.27. The molecular formula is C13H21BN2O5. The highest BCUT2D eigenvalue weighted by Gasteiger charge is 2.19. The summed E-state index contributed by atoms with van der Waals surface area (Å²) in [4.78, 5) is 13.4. The summed E-state index contributed by atoms with van der Waals surface area (Å²) in [6.07, 6.45) is -0.601. The molecule has 0 saturated carbocycles. The summed E-state index contributed by atoms with van der Waals surface area (Å²) >= 11 is 0. The Morgan fingerprint density at radius 3 is 2.38 bits per heavy atom. The fourth-order valence-electron chi connectivity index (χ4n) is 1.59. The molecule has 0 aliphatic carbocycles. The van der Waals surface area contributed by atoms with Gasteiger partial charge in [0.1, 0.15) is 11.4 Å². The lowest BCUT2D eigenvalue weighted by atomic mass is 10.2. The Bertz CT molecular complexity index is 500. The highest BCUT2D eigenvalue weighted by atomic mass is 16.6. The maximum absolute atomic E-state index is 11.7. The Morgan fingerprint density at radius 1 is 1.29 bits per heavy atom. The van der Waals surface area contributed by atoms with Crippen LogP contribution in [0.1, 0.15) is 20.8 Å². The molecule has 0 unspecified atom stereocenters. The molecule has 0 aliphatic heterocycles. The lowest BCUT2D eigenvalue weighted by Gasteiger charge is -2.21. The van der Waals surface area contributed by atoms with Gasteiger partial charge in [0.05, 0.1) is 5.69 Å². The number of nitrogens with zero attached hydrogens (tertiary/aromatic N) is 1. The van der Waals surface area contributed by atoms with Gasteiger partial charge in [0.15, 0.2) is 0 Å². The van der Waals surface area contributed by atoms with Crippen LogP contribution in [-0.4, -0.2) is 43.2 Å². The summed E-state index contributed by atoms with van der Waals surface area (Å²) in [7, 11) is 1.63. The Hall–Kier alpha value is -1.93. The van der Waals surface area contributed by atoms with Gasteiger partial charge >= 0.3 is 13.4 Å². The normalized spacial score (nSPS) is 10.8. The van der Waals surface area contributed by atoms with Gasteiger partial charge in [-0.25, -0.2) is 4.79 Å². The van der Waals surface area contributed by atoms with Gasteiger partial charge in [0.25, 0.3) is 0 Å². The van der Waals surface area contributed by atoms with Crippen LogP contribution < -0.4 is 14.9 Å². The van der Waals surface area contributed by atoms with Crippen LogP contribution in [0.2, 0.25) is 0 Å². The molecule has 0 heterocycles. The second kappa shape index (κ2) is 6.69. The van der Waals surface area contributed by atoms with E-state index in [1.165, 1.54) is 6.07 Å². The number of hydrogen-bond acceptors (Lipinski definition) is 6. The minimum absolute atomic E-state index is 0.226. The highest BCUT2D eigenvalue weighted by Crippen LogP contribution is 2.30. The number of carbonyl (C=O) groups is 1. The Kier molecular flexibility index (Phi) is 5.45. The second-order valence-electron chi connectivity index (χ2n) is 5.65. The first-order valence-corrected chi connectivity index (χ1v) is 6.42. The molecule has 0 saturated heterocycles. The molecule has 0 spiro atoms. The molecule has 1 amide bonds. The zero-order chi connectivity index (χ0) is 16.2. The van der Waals surface area contributed by atoms with Crippen molar-refractivity contribution in [3.05, 3.63) is 18.2 Å². The molecule has 1 aromatic rings. The predicted octanol–water partition coefficient (Wildman–Crippen LogP) is 1.45. The number of carbonyl (C=O) groups excluding carboxylic acids is 1. The van der Waals surface area contributed by atoms with Crippen molar-refractivity contribution in [2.45, 2.75) is 26.4 Å². The smallest absolute Gasteiger partial charge is 0.510 e. The quantitative estimate of drug-likeness (QED) is 0.728. The topological polar surface area (TPSA) is 91.3 Å². The third-order valence-electron chi connectivity index (χ3n) is 2.32. The monoisotopic (exact) mass is 296 g/mol. The summed E-state index contributed by atoms with van der Waals surface area (Å²) in [5, 5.41) is 20.4. The van der Waals surface area contributed by atoms with Crippen LogP contribution in [0.5, 0.6) is 5.75 Å². The fourth-order valence-corrected chi connectivity index (χ4v) is 1.59. The number of ether oxygens (including phenoxy) is 1. The van der Waals surface area contributed by atoms with Crippen LogP contribution >= 0.6 is 0 Å². The third-order valence-corrected chi connectivity index (χ3v) is 2.32. The maximum Gasteiger partial charge on any atom is 0.707 e. The average molecular weight is 296 g/mol. The van der Waals surface area contributed by atoms with Gasteiger partial charge in [0, 0.05) is 25.8 Å². The number of rotatable bonds is 4. The van der Waals surface area contributed by atoms with Crippen LogP contribution in [0.15, 0.2) is 18.2 Å². The van der Waals surface area contributed by atoms with E-state index in [1.54, 1.807) is 51.9 Å². The zero-order valence-corrected chi connectivity index (χ0v) is 12.9. The Morgan fingerprint density at radius 2 is 1.90 bits per heavy atom. The summed E-state index contributed by atoms with van der Waals surface area (Å²) in [5.41, 5.74) is 0.456. The van der Waals surface area contributed by atoms with E-state index in [2.05, 4.69) is 5.32 Å². The Balaban J connectivity index is 2.92.